The Balaban J connectivity index is 1.67. The van der Waals surface area contributed by atoms with E-state index in [0.29, 0.717) is 6.61 Å². The van der Waals surface area contributed by atoms with E-state index in [1.54, 1.807) is 0 Å². The van der Waals surface area contributed by atoms with Gasteiger partial charge in [-0.15, -0.1) is 0 Å². The molecule has 4 nitrogen and oxygen atoms in total. The number of amides is 1. The number of rotatable bonds is 5. The zero-order chi connectivity index (χ0) is 10.5. The van der Waals surface area contributed by atoms with Crippen molar-refractivity contribution in [3.63, 3.8) is 0 Å². The number of epoxide rings is 1. The van der Waals surface area contributed by atoms with E-state index in [1.807, 2.05) is 30.3 Å². The Morgan fingerprint density at radius 3 is 2.87 bits per heavy atom. The summed E-state index contributed by atoms with van der Waals surface area (Å²) in [6.45, 7) is 1.33. The molecule has 1 aromatic rings. The number of hydrogen-bond acceptors (Lipinski definition) is 3. The SMILES string of the molecule is O=C(COCC1CO1)Nc1ccccc1. The van der Waals surface area contributed by atoms with Gasteiger partial charge in [-0.2, -0.15) is 0 Å². The van der Waals surface area contributed by atoms with Gasteiger partial charge in [-0.05, 0) is 12.1 Å². The second kappa shape index (κ2) is 4.91. The zero-order valence-corrected chi connectivity index (χ0v) is 8.31. The molecule has 1 aliphatic heterocycles. The summed E-state index contributed by atoms with van der Waals surface area (Å²) in [6.07, 6.45) is 0.203. The van der Waals surface area contributed by atoms with Gasteiger partial charge in [-0.25, -0.2) is 0 Å². The minimum absolute atomic E-state index is 0.0781. The van der Waals surface area contributed by atoms with Gasteiger partial charge in [0, 0.05) is 5.69 Å². The molecule has 1 fully saturated rings. The first kappa shape index (κ1) is 10.1. The lowest BCUT2D eigenvalue weighted by Gasteiger charge is -2.04. The van der Waals surface area contributed by atoms with Gasteiger partial charge >= 0.3 is 0 Å². The van der Waals surface area contributed by atoms with Crippen LogP contribution in [0.1, 0.15) is 0 Å². The first-order valence-electron chi connectivity index (χ1n) is 4.89. The average molecular weight is 207 g/mol. The van der Waals surface area contributed by atoms with Crippen LogP contribution in [0.15, 0.2) is 30.3 Å². The highest BCUT2D eigenvalue weighted by atomic mass is 16.6. The first-order chi connectivity index (χ1) is 7.34. The molecule has 0 aromatic heterocycles. The largest absolute Gasteiger partial charge is 0.371 e. The second-order valence-corrected chi connectivity index (χ2v) is 3.38. The fourth-order valence-corrected chi connectivity index (χ4v) is 1.17. The van der Waals surface area contributed by atoms with Gasteiger partial charge in [-0.3, -0.25) is 4.79 Å². The van der Waals surface area contributed by atoms with Crippen molar-refractivity contribution >= 4 is 11.6 Å². The van der Waals surface area contributed by atoms with Crippen LogP contribution in [0.3, 0.4) is 0 Å². The van der Waals surface area contributed by atoms with Crippen molar-refractivity contribution < 1.29 is 14.3 Å². The smallest absolute Gasteiger partial charge is 0.250 e. The maximum absolute atomic E-state index is 11.3. The monoisotopic (exact) mass is 207 g/mol. The third-order valence-electron chi connectivity index (χ3n) is 2.00. The van der Waals surface area contributed by atoms with Crippen molar-refractivity contribution in [2.75, 3.05) is 25.1 Å². The van der Waals surface area contributed by atoms with Crippen molar-refractivity contribution in [1.82, 2.24) is 0 Å². The summed E-state index contributed by atoms with van der Waals surface area (Å²) in [6, 6.07) is 9.31. The van der Waals surface area contributed by atoms with E-state index in [4.69, 9.17) is 9.47 Å². The van der Waals surface area contributed by atoms with Crippen LogP contribution in [-0.2, 0) is 14.3 Å². The van der Waals surface area contributed by atoms with Crippen LogP contribution < -0.4 is 5.32 Å². The summed E-state index contributed by atoms with van der Waals surface area (Å²) >= 11 is 0. The van der Waals surface area contributed by atoms with E-state index >= 15 is 0 Å². The van der Waals surface area contributed by atoms with Crippen molar-refractivity contribution in [3.8, 4) is 0 Å². The van der Waals surface area contributed by atoms with Crippen LogP contribution in [0, 0.1) is 0 Å². The third kappa shape index (κ3) is 3.69. The fourth-order valence-electron chi connectivity index (χ4n) is 1.17. The third-order valence-corrected chi connectivity index (χ3v) is 2.00. The predicted octanol–water partition coefficient (Wildman–Crippen LogP) is 1.04. The van der Waals surface area contributed by atoms with E-state index in [2.05, 4.69) is 5.32 Å². The molecule has 1 aromatic carbocycles. The minimum atomic E-state index is -0.137. The molecular formula is C11H13NO3. The molecule has 2 rings (SSSR count). The van der Waals surface area contributed by atoms with Crippen LogP contribution >= 0.6 is 0 Å². The number of para-hydroxylation sites is 1. The molecule has 0 aliphatic carbocycles. The molecule has 1 atom stereocenters. The Kier molecular flexibility index (Phi) is 3.32. The molecule has 1 heterocycles. The van der Waals surface area contributed by atoms with Crippen LogP contribution in [0.5, 0.6) is 0 Å². The van der Waals surface area contributed by atoms with E-state index in [0.717, 1.165) is 12.3 Å². The maximum Gasteiger partial charge on any atom is 0.250 e. The van der Waals surface area contributed by atoms with Crippen LogP contribution in [-0.4, -0.2) is 31.8 Å². The summed E-state index contributed by atoms with van der Waals surface area (Å²) in [5, 5.41) is 2.73. The molecule has 1 N–H and O–H groups in total. The van der Waals surface area contributed by atoms with Gasteiger partial charge < -0.3 is 14.8 Å². The summed E-state index contributed by atoms with van der Waals surface area (Å²) in [7, 11) is 0. The topological polar surface area (TPSA) is 50.9 Å². The molecule has 1 unspecified atom stereocenters. The standard InChI is InChI=1S/C11H13NO3/c13-11(8-14-6-10-7-15-10)12-9-4-2-1-3-5-9/h1-5,10H,6-8H2,(H,12,13). The quantitative estimate of drug-likeness (QED) is 0.734. The summed E-state index contributed by atoms with van der Waals surface area (Å²) in [5.74, 6) is -0.137. The van der Waals surface area contributed by atoms with Gasteiger partial charge in [0.15, 0.2) is 0 Å². The fraction of sp³-hybridized carbons (Fsp3) is 0.364. The molecule has 80 valence electrons. The number of nitrogens with one attached hydrogen (secondary N) is 1. The van der Waals surface area contributed by atoms with Gasteiger partial charge in [0.1, 0.15) is 12.7 Å². The highest BCUT2D eigenvalue weighted by Crippen LogP contribution is 2.08. The van der Waals surface area contributed by atoms with Gasteiger partial charge in [0.05, 0.1) is 13.2 Å². The van der Waals surface area contributed by atoms with Crippen LogP contribution in [0.4, 0.5) is 5.69 Å². The van der Waals surface area contributed by atoms with Crippen molar-refractivity contribution in [2.24, 2.45) is 0 Å². The lowest BCUT2D eigenvalue weighted by atomic mass is 10.3. The second-order valence-electron chi connectivity index (χ2n) is 3.38. The van der Waals surface area contributed by atoms with Gasteiger partial charge in [0.25, 0.3) is 0 Å². The molecule has 1 saturated heterocycles. The Morgan fingerprint density at radius 2 is 2.20 bits per heavy atom. The average Bonchev–Trinajstić information content (AvgIpc) is 3.03. The number of carbonyl (C=O) groups excluding carboxylic acids is 1. The minimum Gasteiger partial charge on any atom is -0.371 e. The van der Waals surface area contributed by atoms with Crippen LogP contribution in [0.25, 0.3) is 0 Å². The van der Waals surface area contributed by atoms with Crippen molar-refractivity contribution in [3.05, 3.63) is 30.3 Å². The van der Waals surface area contributed by atoms with Gasteiger partial charge in [-0.1, -0.05) is 18.2 Å². The number of carbonyl (C=O) groups is 1. The maximum atomic E-state index is 11.3. The Hall–Kier alpha value is -1.39. The Morgan fingerprint density at radius 1 is 1.47 bits per heavy atom. The molecule has 0 spiro atoms. The predicted molar refractivity (Wildman–Crippen MR) is 55.6 cm³/mol. The molecule has 0 saturated carbocycles. The van der Waals surface area contributed by atoms with E-state index in [1.165, 1.54) is 0 Å². The highest BCUT2D eigenvalue weighted by Gasteiger charge is 2.22. The number of hydrogen-bond donors (Lipinski definition) is 1. The molecule has 0 bridgehead atoms. The van der Waals surface area contributed by atoms with E-state index in [-0.39, 0.29) is 18.6 Å². The summed E-state index contributed by atoms with van der Waals surface area (Å²) in [4.78, 5) is 11.3. The molecular weight excluding hydrogens is 194 g/mol. The normalized spacial score (nSPS) is 18.5. The number of ether oxygens (including phenoxy) is 2. The first-order valence-corrected chi connectivity index (χ1v) is 4.89. The van der Waals surface area contributed by atoms with Gasteiger partial charge in [0.2, 0.25) is 5.91 Å². The summed E-state index contributed by atoms with van der Waals surface area (Å²) < 4.78 is 10.1. The molecule has 1 aliphatic rings. The Bertz CT molecular complexity index is 322. The van der Waals surface area contributed by atoms with E-state index in [9.17, 15) is 4.79 Å². The lowest BCUT2D eigenvalue weighted by molar-refractivity contribution is -0.120. The highest BCUT2D eigenvalue weighted by molar-refractivity contribution is 5.91. The molecule has 4 heteroatoms. The molecule has 15 heavy (non-hydrogen) atoms. The van der Waals surface area contributed by atoms with Crippen molar-refractivity contribution in [2.45, 2.75) is 6.10 Å². The summed E-state index contributed by atoms with van der Waals surface area (Å²) in [5.41, 5.74) is 0.786. The van der Waals surface area contributed by atoms with E-state index < -0.39 is 0 Å². The molecule has 1 amide bonds. The number of anilines is 1. The van der Waals surface area contributed by atoms with Crippen molar-refractivity contribution in [1.29, 1.82) is 0 Å². The van der Waals surface area contributed by atoms with Crippen LogP contribution in [0.2, 0.25) is 0 Å². The zero-order valence-electron chi connectivity index (χ0n) is 8.31. The molecule has 0 radical (unpaired) electrons. The number of benzene rings is 1. The lowest BCUT2D eigenvalue weighted by Crippen LogP contribution is -2.19. The Labute approximate surface area is 88.2 Å².